The van der Waals surface area contributed by atoms with Crippen molar-refractivity contribution in [1.29, 1.82) is 0 Å². The molecular weight excluding hydrogens is 268 g/mol. The Morgan fingerprint density at radius 3 is 2.94 bits per heavy atom. The summed E-state index contributed by atoms with van der Waals surface area (Å²) in [6, 6.07) is 4.77. The zero-order chi connectivity index (χ0) is 12.1. The molecule has 2 rings (SSSR count). The molecule has 1 aromatic heterocycles. The number of hydrogen-bond acceptors (Lipinski definition) is 5. The van der Waals surface area contributed by atoms with Gasteiger partial charge in [0.1, 0.15) is 0 Å². The van der Waals surface area contributed by atoms with E-state index in [1.165, 1.54) is 16.4 Å². The minimum absolute atomic E-state index is 0.435. The van der Waals surface area contributed by atoms with Crippen molar-refractivity contribution < 1.29 is 0 Å². The van der Waals surface area contributed by atoms with E-state index < -0.39 is 0 Å². The van der Waals surface area contributed by atoms with Gasteiger partial charge in [-0.15, -0.1) is 11.3 Å². The Morgan fingerprint density at radius 2 is 2.29 bits per heavy atom. The van der Waals surface area contributed by atoms with E-state index in [2.05, 4.69) is 53.4 Å². The number of rotatable bonds is 5. The van der Waals surface area contributed by atoms with Gasteiger partial charge in [-0.05, 0) is 24.3 Å². The molecule has 1 aromatic rings. The minimum Gasteiger partial charge on any atom is -0.271 e. The van der Waals surface area contributed by atoms with Gasteiger partial charge in [0.2, 0.25) is 0 Å². The van der Waals surface area contributed by atoms with E-state index in [4.69, 9.17) is 5.84 Å². The first kappa shape index (κ1) is 13.7. The normalized spacial score (nSPS) is 26.9. The molecule has 0 amide bonds. The van der Waals surface area contributed by atoms with Crippen LogP contribution in [0.1, 0.15) is 18.2 Å². The Balaban J connectivity index is 1.86. The second kappa shape index (κ2) is 7.04. The molecule has 17 heavy (non-hydrogen) atoms. The van der Waals surface area contributed by atoms with Crippen LogP contribution in [0.2, 0.25) is 0 Å². The van der Waals surface area contributed by atoms with Crippen LogP contribution in [-0.4, -0.2) is 28.0 Å². The number of hydrazine groups is 1. The van der Waals surface area contributed by atoms with Crippen molar-refractivity contribution in [3.05, 3.63) is 22.4 Å². The van der Waals surface area contributed by atoms with Crippen molar-refractivity contribution in [1.82, 2.24) is 5.43 Å². The number of aryl methyl sites for hydroxylation is 1. The van der Waals surface area contributed by atoms with E-state index in [-0.39, 0.29) is 0 Å². The monoisotopic (exact) mass is 288 g/mol. The second-order valence-corrected chi connectivity index (χ2v) is 8.11. The lowest BCUT2D eigenvalue weighted by molar-refractivity contribution is 0.475. The zero-order valence-corrected chi connectivity index (χ0v) is 12.5. The molecule has 2 heterocycles. The van der Waals surface area contributed by atoms with Crippen LogP contribution in [-0.2, 0) is 6.42 Å². The van der Waals surface area contributed by atoms with Gasteiger partial charge in [0, 0.05) is 32.9 Å². The molecule has 96 valence electrons. The average molecular weight is 289 g/mol. The van der Waals surface area contributed by atoms with Crippen LogP contribution < -0.4 is 11.3 Å². The van der Waals surface area contributed by atoms with Crippen molar-refractivity contribution >= 4 is 34.9 Å². The van der Waals surface area contributed by atoms with Gasteiger partial charge < -0.3 is 0 Å². The number of hydrogen-bond donors (Lipinski definition) is 2. The second-order valence-electron chi connectivity index (χ2n) is 4.30. The maximum atomic E-state index is 5.74. The maximum absolute atomic E-state index is 5.74. The molecule has 3 N–H and O–H groups in total. The molecule has 0 radical (unpaired) electrons. The van der Waals surface area contributed by atoms with Crippen LogP contribution in [0.3, 0.4) is 0 Å². The molecule has 1 saturated heterocycles. The number of nitrogens with one attached hydrogen (secondary N) is 1. The van der Waals surface area contributed by atoms with Gasteiger partial charge in [0.15, 0.2) is 0 Å². The zero-order valence-electron chi connectivity index (χ0n) is 10.1. The number of nitrogens with two attached hydrogens (primary N) is 1. The molecule has 0 spiro atoms. The van der Waals surface area contributed by atoms with E-state index in [9.17, 15) is 0 Å². The van der Waals surface area contributed by atoms with Crippen LogP contribution in [0, 0.1) is 0 Å². The van der Waals surface area contributed by atoms with Crippen molar-refractivity contribution in [2.24, 2.45) is 5.84 Å². The Kier molecular flexibility index (Phi) is 5.69. The Labute approximate surface area is 116 Å². The molecule has 5 heteroatoms. The molecule has 0 aromatic carbocycles. The highest BCUT2D eigenvalue weighted by Gasteiger charge is 2.29. The van der Waals surface area contributed by atoms with E-state index in [1.807, 2.05) is 11.3 Å². The highest BCUT2D eigenvalue weighted by molar-refractivity contribution is 8.07. The first-order valence-electron chi connectivity index (χ1n) is 6.03. The summed E-state index contributed by atoms with van der Waals surface area (Å²) in [4.78, 5) is 1.46. The van der Waals surface area contributed by atoms with Crippen LogP contribution >= 0.6 is 34.9 Å². The minimum atomic E-state index is 0.435. The quantitative estimate of drug-likeness (QED) is 0.645. The van der Waals surface area contributed by atoms with Gasteiger partial charge in [0.05, 0.1) is 0 Å². The summed E-state index contributed by atoms with van der Waals surface area (Å²) in [5.41, 5.74) is 3.04. The highest BCUT2D eigenvalue weighted by atomic mass is 32.2. The van der Waals surface area contributed by atoms with Gasteiger partial charge >= 0.3 is 0 Å². The third-order valence-electron chi connectivity index (χ3n) is 3.13. The van der Waals surface area contributed by atoms with Crippen LogP contribution in [0.5, 0.6) is 0 Å². The molecule has 2 nitrogen and oxygen atoms in total. The summed E-state index contributed by atoms with van der Waals surface area (Å²) >= 11 is 6.00. The fourth-order valence-corrected chi connectivity index (χ4v) is 5.89. The van der Waals surface area contributed by atoms with Crippen LogP contribution in [0.25, 0.3) is 0 Å². The third-order valence-corrected chi connectivity index (χ3v) is 7.32. The Morgan fingerprint density at radius 1 is 1.47 bits per heavy atom. The van der Waals surface area contributed by atoms with Gasteiger partial charge in [-0.2, -0.15) is 23.5 Å². The van der Waals surface area contributed by atoms with E-state index in [0.717, 1.165) is 12.8 Å². The van der Waals surface area contributed by atoms with Gasteiger partial charge in [-0.1, -0.05) is 13.0 Å². The number of thiophene rings is 1. The summed E-state index contributed by atoms with van der Waals surface area (Å²) < 4.78 is 0. The Bertz CT molecular complexity index is 316. The van der Waals surface area contributed by atoms with E-state index in [1.54, 1.807) is 0 Å². The fourth-order valence-electron chi connectivity index (χ4n) is 2.19. The maximum Gasteiger partial charge on any atom is 0.0343 e. The molecule has 3 unspecified atom stereocenters. The van der Waals surface area contributed by atoms with Crippen molar-refractivity contribution in [3.63, 3.8) is 0 Å². The van der Waals surface area contributed by atoms with Gasteiger partial charge in [-0.25, -0.2) is 0 Å². The first-order chi connectivity index (χ1) is 8.31. The molecule has 1 fully saturated rings. The summed E-state index contributed by atoms with van der Waals surface area (Å²) in [6.45, 7) is 2.33. The lowest BCUT2D eigenvalue weighted by atomic mass is 10.1. The van der Waals surface area contributed by atoms with Crippen LogP contribution in [0.4, 0.5) is 0 Å². The van der Waals surface area contributed by atoms with Gasteiger partial charge in [-0.3, -0.25) is 11.3 Å². The standard InChI is InChI=1S/C12H20N2S3/c1-9-12(17-8-7-15-9)11(14-13)5-4-10-3-2-6-16-10/h2-3,6,9,11-12,14H,4-5,7-8,13H2,1H3. The summed E-state index contributed by atoms with van der Waals surface area (Å²) in [5.74, 6) is 8.28. The Hall–Kier alpha value is 0.320. The van der Waals surface area contributed by atoms with E-state index in [0.29, 0.717) is 16.5 Å². The van der Waals surface area contributed by atoms with Crippen molar-refractivity contribution in [2.45, 2.75) is 36.3 Å². The molecular formula is C12H20N2S3. The molecule has 1 aliphatic heterocycles. The lowest BCUT2D eigenvalue weighted by Gasteiger charge is -2.34. The lowest BCUT2D eigenvalue weighted by Crippen LogP contribution is -2.47. The first-order valence-corrected chi connectivity index (χ1v) is 9.00. The highest BCUT2D eigenvalue weighted by Crippen LogP contribution is 2.34. The molecule has 0 saturated carbocycles. The molecule has 0 bridgehead atoms. The van der Waals surface area contributed by atoms with Crippen molar-refractivity contribution in [3.8, 4) is 0 Å². The predicted molar refractivity (Wildman–Crippen MR) is 81.9 cm³/mol. The SMILES string of the molecule is CC1SCCSC1C(CCc1cccs1)NN. The average Bonchev–Trinajstić information content (AvgIpc) is 2.85. The smallest absolute Gasteiger partial charge is 0.0343 e. The topological polar surface area (TPSA) is 38.0 Å². The predicted octanol–water partition coefficient (Wildman–Crippen LogP) is 2.75. The molecule has 1 aliphatic rings. The summed E-state index contributed by atoms with van der Waals surface area (Å²) in [6.07, 6.45) is 2.28. The van der Waals surface area contributed by atoms with Crippen LogP contribution in [0.15, 0.2) is 17.5 Å². The fraction of sp³-hybridized carbons (Fsp3) is 0.667. The largest absolute Gasteiger partial charge is 0.271 e. The number of thioether (sulfide) groups is 2. The molecule has 0 aliphatic carbocycles. The van der Waals surface area contributed by atoms with Crippen molar-refractivity contribution in [2.75, 3.05) is 11.5 Å². The van der Waals surface area contributed by atoms with E-state index >= 15 is 0 Å². The third kappa shape index (κ3) is 3.89. The molecule has 3 atom stereocenters. The summed E-state index contributed by atoms with van der Waals surface area (Å²) in [7, 11) is 0. The van der Waals surface area contributed by atoms with Gasteiger partial charge in [0.25, 0.3) is 0 Å². The summed E-state index contributed by atoms with van der Waals surface area (Å²) in [5, 5.41) is 3.51.